The van der Waals surface area contributed by atoms with Gasteiger partial charge in [-0.1, -0.05) is 12.1 Å². The van der Waals surface area contributed by atoms with E-state index in [1.54, 1.807) is 12.1 Å². The number of aliphatic hydroxyl groups excluding tert-OH is 1. The molecule has 0 amide bonds. The zero-order chi connectivity index (χ0) is 17.8. The van der Waals surface area contributed by atoms with Gasteiger partial charge in [0.05, 0.1) is 17.8 Å². The average molecular weight is 345 g/mol. The van der Waals surface area contributed by atoms with Gasteiger partial charge in [-0.05, 0) is 48.9 Å². The lowest BCUT2D eigenvalue weighted by Crippen LogP contribution is -2.03. The Morgan fingerprint density at radius 1 is 1.12 bits per heavy atom. The van der Waals surface area contributed by atoms with E-state index in [4.69, 9.17) is 9.84 Å². The first kappa shape index (κ1) is 17.1. The summed E-state index contributed by atoms with van der Waals surface area (Å²) < 4.78 is 34.8. The fourth-order valence-electron chi connectivity index (χ4n) is 2.65. The Balaban J connectivity index is 2.04. The third-order valence-corrected chi connectivity index (χ3v) is 3.72. The second kappa shape index (κ2) is 7.44. The van der Waals surface area contributed by atoms with E-state index in [0.29, 0.717) is 17.0 Å². The van der Waals surface area contributed by atoms with Crippen molar-refractivity contribution < 1.29 is 23.4 Å². The minimum Gasteiger partial charge on any atom is -0.490 e. The van der Waals surface area contributed by atoms with Crippen LogP contribution in [0.15, 0.2) is 48.5 Å². The predicted molar refractivity (Wildman–Crippen MR) is 91.1 cm³/mol. The van der Waals surface area contributed by atoms with E-state index in [2.05, 4.69) is 9.72 Å². The first-order valence-corrected chi connectivity index (χ1v) is 7.78. The molecule has 0 radical (unpaired) electrons. The van der Waals surface area contributed by atoms with Gasteiger partial charge in [-0.2, -0.15) is 8.78 Å². The molecule has 3 aromatic rings. The average Bonchev–Trinajstić information content (AvgIpc) is 2.60. The second-order valence-electron chi connectivity index (χ2n) is 5.45. The maximum atomic E-state index is 12.4. The van der Waals surface area contributed by atoms with Crippen molar-refractivity contribution in [2.45, 2.75) is 13.5 Å². The van der Waals surface area contributed by atoms with Crippen LogP contribution in [-0.2, 0) is 0 Å². The molecule has 1 N–H and O–H groups in total. The number of ether oxygens (including phenoxy) is 2. The molecule has 0 aliphatic carbocycles. The van der Waals surface area contributed by atoms with Crippen LogP contribution in [0.4, 0.5) is 8.78 Å². The number of hydrogen-bond donors (Lipinski definition) is 1. The van der Waals surface area contributed by atoms with Gasteiger partial charge in [0.25, 0.3) is 0 Å². The van der Waals surface area contributed by atoms with E-state index in [-0.39, 0.29) is 19.0 Å². The van der Waals surface area contributed by atoms with Crippen molar-refractivity contribution in [3.05, 3.63) is 54.1 Å². The Morgan fingerprint density at radius 2 is 1.92 bits per heavy atom. The molecule has 0 saturated heterocycles. The fourth-order valence-corrected chi connectivity index (χ4v) is 2.65. The van der Waals surface area contributed by atoms with E-state index in [0.717, 1.165) is 16.5 Å². The number of aliphatic hydroxyl groups is 1. The smallest absolute Gasteiger partial charge is 0.387 e. The number of benzene rings is 2. The molecule has 4 nitrogen and oxygen atoms in total. The lowest BCUT2D eigenvalue weighted by molar-refractivity contribution is -0.0497. The van der Waals surface area contributed by atoms with Crippen LogP contribution in [0.2, 0.25) is 0 Å². The topological polar surface area (TPSA) is 51.6 Å². The number of pyridine rings is 1. The van der Waals surface area contributed by atoms with Crippen LogP contribution in [0.5, 0.6) is 11.5 Å². The molecule has 0 aliphatic heterocycles. The number of nitrogens with zero attached hydrogens (tertiary/aromatic N) is 1. The molecule has 130 valence electrons. The molecule has 3 rings (SSSR count). The normalized spacial score (nSPS) is 11.1. The van der Waals surface area contributed by atoms with Gasteiger partial charge in [0, 0.05) is 10.9 Å². The van der Waals surface area contributed by atoms with Crippen molar-refractivity contribution in [2.24, 2.45) is 0 Å². The fraction of sp³-hybridized carbons (Fsp3) is 0.211. The number of fused-ring (bicyclic) bond motifs is 1. The molecule has 2 aromatic carbocycles. The number of rotatable bonds is 6. The molecule has 0 atom stereocenters. The SMILES string of the molecule is Cc1cc(-c2ccccc2OCCO)nc2ccc(OC(F)F)cc12. The number of aryl methyl sites for hydroxylation is 1. The van der Waals surface area contributed by atoms with E-state index in [1.807, 2.05) is 37.3 Å². The molecular weight excluding hydrogens is 328 g/mol. The summed E-state index contributed by atoms with van der Waals surface area (Å²) in [5.74, 6) is 0.729. The van der Waals surface area contributed by atoms with Gasteiger partial charge in [0.2, 0.25) is 0 Å². The molecule has 1 aromatic heterocycles. The van der Waals surface area contributed by atoms with Gasteiger partial charge in [-0.25, -0.2) is 4.98 Å². The Kier molecular flexibility index (Phi) is 5.09. The summed E-state index contributed by atoms with van der Waals surface area (Å²) in [6, 6.07) is 14.0. The molecular formula is C19H17F2NO3. The van der Waals surface area contributed by atoms with E-state index >= 15 is 0 Å². The quantitative estimate of drug-likeness (QED) is 0.728. The van der Waals surface area contributed by atoms with E-state index in [9.17, 15) is 8.78 Å². The number of hydrogen-bond acceptors (Lipinski definition) is 4. The summed E-state index contributed by atoms with van der Waals surface area (Å²) in [7, 11) is 0. The Bertz CT molecular complexity index is 884. The first-order chi connectivity index (χ1) is 12.1. The predicted octanol–water partition coefficient (Wildman–Crippen LogP) is 4.18. The van der Waals surface area contributed by atoms with Crippen LogP contribution in [0.1, 0.15) is 5.56 Å². The monoisotopic (exact) mass is 345 g/mol. The van der Waals surface area contributed by atoms with Gasteiger partial charge in [0.15, 0.2) is 0 Å². The number of aromatic nitrogens is 1. The summed E-state index contributed by atoms with van der Waals surface area (Å²) in [5.41, 5.74) is 3.07. The number of para-hydroxylation sites is 1. The van der Waals surface area contributed by atoms with Crippen molar-refractivity contribution >= 4 is 10.9 Å². The van der Waals surface area contributed by atoms with Crippen molar-refractivity contribution in [2.75, 3.05) is 13.2 Å². The van der Waals surface area contributed by atoms with E-state index < -0.39 is 6.61 Å². The largest absolute Gasteiger partial charge is 0.490 e. The third kappa shape index (κ3) is 3.85. The highest BCUT2D eigenvalue weighted by Crippen LogP contribution is 2.32. The maximum absolute atomic E-state index is 12.4. The summed E-state index contributed by atoms with van der Waals surface area (Å²) in [5, 5.41) is 9.70. The summed E-state index contributed by atoms with van der Waals surface area (Å²) in [6.07, 6.45) is 0. The molecule has 0 saturated carbocycles. The maximum Gasteiger partial charge on any atom is 0.387 e. The minimum absolute atomic E-state index is 0.0780. The highest BCUT2D eigenvalue weighted by Gasteiger charge is 2.12. The van der Waals surface area contributed by atoms with Crippen LogP contribution in [0.3, 0.4) is 0 Å². The van der Waals surface area contributed by atoms with Gasteiger partial charge in [-0.15, -0.1) is 0 Å². The first-order valence-electron chi connectivity index (χ1n) is 7.78. The highest BCUT2D eigenvalue weighted by atomic mass is 19.3. The van der Waals surface area contributed by atoms with Crippen molar-refractivity contribution in [1.29, 1.82) is 0 Å². The molecule has 0 fully saturated rings. The van der Waals surface area contributed by atoms with Gasteiger partial charge >= 0.3 is 6.61 Å². The molecule has 0 bridgehead atoms. The zero-order valence-corrected chi connectivity index (χ0v) is 13.6. The van der Waals surface area contributed by atoms with Gasteiger partial charge in [0.1, 0.15) is 18.1 Å². The van der Waals surface area contributed by atoms with Crippen LogP contribution < -0.4 is 9.47 Å². The molecule has 0 aliphatic rings. The van der Waals surface area contributed by atoms with Crippen molar-refractivity contribution in [1.82, 2.24) is 4.98 Å². The lowest BCUT2D eigenvalue weighted by Gasteiger charge is -2.13. The Morgan fingerprint density at radius 3 is 2.68 bits per heavy atom. The van der Waals surface area contributed by atoms with Crippen LogP contribution in [0, 0.1) is 6.92 Å². The standard InChI is InChI=1S/C19H17F2NO3/c1-12-10-17(14-4-2-3-5-18(14)24-9-8-23)22-16-7-6-13(11-15(12)16)25-19(20)21/h2-7,10-11,19,23H,8-9H2,1H3. The molecule has 6 heteroatoms. The number of alkyl halides is 2. The van der Waals surface area contributed by atoms with Gasteiger partial charge in [-0.3, -0.25) is 0 Å². The second-order valence-corrected chi connectivity index (χ2v) is 5.45. The summed E-state index contributed by atoms with van der Waals surface area (Å²) in [6.45, 7) is -0.860. The number of halogens is 2. The minimum atomic E-state index is -2.86. The molecule has 0 unspecified atom stereocenters. The highest BCUT2D eigenvalue weighted by molar-refractivity contribution is 5.86. The Hall–Kier alpha value is -2.73. The molecule has 1 heterocycles. The Labute approximate surface area is 143 Å². The van der Waals surface area contributed by atoms with Crippen LogP contribution >= 0.6 is 0 Å². The van der Waals surface area contributed by atoms with Crippen molar-refractivity contribution in [3.8, 4) is 22.8 Å². The third-order valence-electron chi connectivity index (χ3n) is 3.72. The lowest BCUT2D eigenvalue weighted by atomic mass is 10.0. The molecule has 0 spiro atoms. The van der Waals surface area contributed by atoms with Crippen LogP contribution in [0.25, 0.3) is 22.2 Å². The molecule has 25 heavy (non-hydrogen) atoms. The summed E-state index contributed by atoms with van der Waals surface area (Å²) in [4.78, 5) is 4.61. The van der Waals surface area contributed by atoms with Crippen molar-refractivity contribution in [3.63, 3.8) is 0 Å². The summed E-state index contributed by atoms with van der Waals surface area (Å²) >= 11 is 0. The van der Waals surface area contributed by atoms with Gasteiger partial charge < -0.3 is 14.6 Å². The zero-order valence-electron chi connectivity index (χ0n) is 13.6. The van der Waals surface area contributed by atoms with E-state index in [1.165, 1.54) is 6.07 Å². The van der Waals surface area contributed by atoms with Crippen LogP contribution in [-0.4, -0.2) is 29.9 Å².